The molecule has 1 aliphatic rings. The van der Waals surface area contributed by atoms with E-state index in [1.54, 1.807) is 0 Å². The first-order chi connectivity index (χ1) is 8.99. The van der Waals surface area contributed by atoms with Crippen LogP contribution in [-0.4, -0.2) is 26.9 Å². The molecule has 0 aromatic carbocycles. The minimum absolute atomic E-state index is 0.139. The summed E-state index contributed by atoms with van der Waals surface area (Å²) in [5.74, 6) is -0.780. The molecule has 1 fully saturated rings. The van der Waals surface area contributed by atoms with Crippen molar-refractivity contribution < 1.29 is 9.90 Å². The topological polar surface area (TPSA) is 67.2 Å². The number of carbonyl (C=O) groups is 1. The highest BCUT2D eigenvalue weighted by Crippen LogP contribution is 2.25. The van der Waals surface area contributed by atoms with E-state index in [0.29, 0.717) is 6.04 Å². The van der Waals surface area contributed by atoms with Crippen LogP contribution in [0.25, 0.3) is 0 Å². The number of carboxylic acid groups (broad SMARTS) is 1. The maximum Gasteiger partial charge on any atom is 0.306 e. The summed E-state index contributed by atoms with van der Waals surface area (Å²) in [6, 6.07) is 0.439. The normalized spacial score (nSPS) is 23.5. The van der Waals surface area contributed by atoms with E-state index < -0.39 is 5.97 Å². The fraction of sp³-hybridized carbons (Fsp3) is 0.714. The first-order valence-electron chi connectivity index (χ1n) is 6.94. The Morgan fingerprint density at radius 3 is 2.47 bits per heavy atom. The second-order valence-electron chi connectivity index (χ2n) is 5.54. The van der Waals surface area contributed by atoms with Gasteiger partial charge in [-0.2, -0.15) is 5.10 Å². The van der Waals surface area contributed by atoms with Gasteiger partial charge >= 0.3 is 5.97 Å². The molecule has 0 spiro atoms. The molecule has 106 valence electrons. The molecule has 1 heterocycles. The van der Waals surface area contributed by atoms with Crippen molar-refractivity contribution in [3.8, 4) is 0 Å². The molecule has 1 aromatic rings. The predicted octanol–water partition coefficient (Wildman–Crippen LogP) is 1.77. The molecule has 0 aliphatic heterocycles. The van der Waals surface area contributed by atoms with Crippen LogP contribution >= 0.6 is 0 Å². The number of nitrogens with one attached hydrogen (secondary N) is 1. The third-order valence-corrected chi connectivity index (χ3v) is 4.30. The van der Waals surface area contributed by atoms with Crippen molar-refractivity contribution in [3.63, 3.8) is 0 Å². The monoisotopic (exact) mass is 265 g/mol. The summed E-state index contributed by atoms with van der Waals surface area (Å²) in [5, 5.41) is 16.9. The van der Waals surface area contributed by atoms with Gasteiger partial charge in [0.25, 0.3) is 0 Å². The van der Waals surface area contributed by atoms with Crippen LogP contribution in [0.1, 0.15) is 42.6 Å². The molecule has 0 radical (unpaired) electrons. The Balaban J connectivity index is 1.85. The minimum atomic E-state index is -0.641. The molecule has 1 aromatic heterocycles. The van der Waals surface area contributed by atoms with Gasteiger partial charge in [-0.3, -0.25) is 9.48 Å². The molecule has 0 amide bonds. The number of aryl methyl sites for hydroxylation is 2. The van der Waals surface area contributed by atoms with Gasteiger partial charge in [0.05, 0.1) is 11.6 Å². The fourth-order valence-corrected chi connectivity index (χ4v) is 2.86. The van der Waals surface area contributed by atoms with E-state index in [1.165, 1.54) is 11.3 Å². The van der Waals surface area contributed by atoms with Crippen molar-refractivity contribution in [2.45, 2.75) is 52.1 Å². The molecule has 1 aliphatic carbocycles. The summed E-state index contributed by atoms with van der Waals surface area (Å²) in [6.45, 7) is 4.94. The quantitative estimate of drug-likeness (QED) is 0.870. The van der Waals surface area contributed by atoms with Gasteiger partial charge in [-0.05, 0) is 39.5 Å². The lowest BCUT2D eigenvalue weighted by molar-refractivity contribution is -0.142. The Kier molecular flexibility index (Phi) is 4.24. The van der Waals surface area contributed by atoms with Gasteiger partial charge < -0.3 is 10.4 Å². The summed E-state index contributed by atoms with van der Waals surface area (Å²) in [4.78, 5) is 10.9. The maximum atomic E-state index is 10.9. The summed E-state index contributed by atoms with van der Waals surface area (Å²) >= 11 is 0. The van der Waals surface area contributed by atoms with Gasteiger partial charge in [0.1, 0.15) is 0 Å². The molecule has 2 rings (SSSR count). The van der Waals surface area contributed by atoms with Crippen LogP contribution in [0.3, 0.4) is 0 Å². The summed E-state index contributed by atoms with van der Waals surface area (Å²) in [6.07, 6.45) is 3.49. The van der Waals surface area contributed by atoms with Crippen molar-refractivity contribution in [2.24, 2.45) is 13.0 Å². The Bertz CT molecular complexity index is 460. The molecule has 0 unspecified atom stereocenters. The second-order valence-corrected chi connectivity index (χ2v) is 5.54. The average Bonchev–Trinajstić information content (AvgIpc) is 2.62. The van der Waals surface area contributed by atoms with Gasteiger partial charge in [-0.15, -0.1) is 0 Å². The van der Waals surface area contributed by atoms with Crippen molar-refractivity contribution in [1.29, 1.82) is 0 Å². The van der Waals surface area contributed by atoms with E-state index in [2.05, 4.69) is 17.3 Å². The van der Waals surface area contributed by atoms with E-state index in [9.17, 15) is 4.79 Å². The van der Waals surface area contributed by atoms with Gasteiger partial charge in [-0.1, -0.05) is 0 Å². The molecular formula is C14H23N3O2. The van der Waals surface area contributed by atoms with Gasteiger partial charge in [0.2, 0.25) is 0 Å². The van der Waals surface area contributed by atoms with Crippen LogP contribution in [0.4, 0.5) is 0 Å². The average molecular weight is 265 g/mol. The zero-order valence-electron chi connectivity index (χ0n) is 11.9. The molecule has 0 saturated heterocycles. The van der Waals surface area contributed by atoms with Crippen LogP contribution in [0, 0.1) is 19.8 Å². The zero-order chi connectivity index (χ0) is 14.0. The van der Waals surface area contributed by atoms with Crippen LogP contribution in [-0.2, 0) is 18.4 Å². The fourth-order valence-electron chi connectivity index (χ4n) is 2.86. The highest BCUT2D eigenvalue weighted by molar-refractivity contribution is 5.70. The maximum absolute atomic E-state index is 10.9. The zero-order valence-corrected chi connectivity index (χ0v) is 11.9. The van der Waals surface area contributed by atoms with Gasteiger partial charge in [0, 0.05) is 30.9 Å². The van der Waals surface area contributed by atoms with Crippen molar-refractivity contribution in [2.75, 3.05) is 0 Å². The van der Waals surface area contributed by atoms with E-state index in [4.69, 9.17) is 5.11 Å². The Hall–Kier alpha value is -1.36. The number of aliphatic carboxylic acids is 1. The Morgan fingerprint density at radius 1 is 1.37 bits per heavy atom. The smallest absolute Gasteiger partial charge is 0.306 e. The van der Waals surface area contributed by atoms with Crippen LogP contribution in [0.15, 0.2) is 0 Å². The molecular weight excluding hydrogens is 242 g/mol. The second kappa shape index (κ2) is 5.74. The molecule has 0 bridgehead atoms. The molecule has 2 N–H and O–H groups in total. The minimum Gasteiger partial charge on any atom is -0.481 e. The first-order valence-corrected chi connectivity index (χ1v) is 6.94. The number of hydrogen-bond acceptors (Lipinski definition) is 3. The lowest BCUT2D eigenvalue weighted by Crippen LogP contribution is -2.34. The van der Waals surface area contributed by atoms with Crippen molar-refractivity contribution in [1.82, 2.24) is 15.1 Å². The Morgan fingerprint density at radius 2 is 2.00 bits per heavy atom. The van der Waals surface area contributed by atoms with Gasteiger partial charge in [-0.25, -0.2) is 0 Å². The molecule has 19 heavy (non-hydrogen) atoms. The largest absolute Gasteiger partial charge is 0.481 e. The van der Waals surface area contributed by atoms with Gasteiger partial charge in [0.15, 0.2) is 0 Å². The van der Waals surface area contributed by atoms with Crippen LogP contribution in [0.5, 0.6) is 0 Å². The number of carboxylic acids is 1. The molecule has 0 atom stereocenters. The van der Waals surface area contributed by atoms with Crippen molar-refractivity contribution >= 4 is 5.97 Å². The molecule has 5 heteroatoms. The number of rotatable bonds is 4. The van der Waals surface area contributed by atoms with E-state index in [1.807, 2.05) is 18.7 Å². The molecule has 1 saturated carbocycles. The standard InChI is InChI=1S/C14H23N3O2/c1-9-13(10(2)17(3)16-9)8-15-12-6-4-11(5-7-12)14(18)19/h11-12,15H,4-8H2,1-3H3,(H,18,19). The lowest BCUT2D eigenvalue weighted by Gasteiger charge is -2.27. The van der Waals surface area contributed by atoms with E-state index in [-0.39, 0.29) is 5.92 Å². The van der Waals surface area contributed by atoms with E-state index >= 15 is 0 Å². The highest BCUT2D eigenvalue weighted by atomic mass is 16.4. The Labute approximate surface area is 114 Å². The summed E-state index contributed by atoms with van der Waals surface area (Å²) < 4.78 is 1.91. The number of aromatic nitrogens is 2. The third-order valence-electron chi connectivity index (χ3n) is 4.30. The van der Waals surface area contributed by atoms with Crippen LogP contribution < -0.4 is 5.32 Å². The molecule has 5 nitrogen and oxygen atoms in total. The predicted molar refractivity (Wildman–Crippen MR) is 72.9 cm³/mol. The number of hydrogen-bond donors (Lipinski definition) is 2. The first kappa shape index (κ1) is 14.1. The summed E-state index contributed by atoms with van der Waals surface area (Å²) in [5.41, 5.74) is 3.54. The SMILES string of the molecule is Cc1nn(C)c(C)c1CNC1CCC(C(=O)O)CC1. The number of nitrogens with zero attached hydrogens (tertiary/aromatic N) is 2. The van der Waals surface area contributed by atoms with Crippen molar-refractivity contribution in [3.05, 3.63) is 17.0 Å². The highest BCUT2D eigenvalue weighted by Gasteiger charge is 2.25. The summed E-state index contributed by atoms with van der Waals surface area (Å²) in [7, 11) is 1.96. The lowest BCUT2D eigenvalue weighted by atomic mass is 9.86. The van der Waals surface area contributed by atoms with E-state index in [0.717, 1.165) is 37.9 Å². The third kappa shape index (κ3) is 3.15. The van der Waals surface area contributed by atoms with Crippen LogP contribution in [0.2, 0.25) is 0 Å².